The van der Waals surface area contributed by atoms with Gasteiger partial charge in [0.05, 0.1) is 11.9 Å². The smallest absolute Gasteiger partial charge is 0.220 e. The lowest BCUT2D eigenvalue weighted by atomic mass is 10.2. The summed E-state index contributed by atoms with van der Waals surface area (Å²) in [7, 11) is 0. The maximum Gasteiger partial charge on any atom is 0.220 e. The highest BCUT2D eigenvalue weighted by molar-refractivity contribution is 5.75. The number of oxazole rings is 1. The zero-order valence-corrected chi connectivity index (χ0v) is 17.7. The molecule has 0 unspecified atom stereocenters. The zero-order valence-electron chi connectivity index (χ0n) is 17.7. The summed E-state index contributed by atoms with van der Waals surface area (Å²) in [6, 6.07) is 23.3. The average Bonchev–Trinajstić information content (AvgIpc) is 3.32. The van der Waals surface area contributed by atoms with Crippen molar-refractivity contribution in [2.24, 2.45) is 0 Å². The van der Waals surface area contributed by atoms with Gasteiger partial charge < -0.3 is 14.5 Å². The Hall–Kier alpha value is -3.93. The quantitative estimate of drug-likeness (QED) is 0.387. The molecule has 0 fully saturated rings. The lowest BCUT2D eigenvalue weighted by Crippen LogP contribution is -2.22. The van der Waals surface area contributed by atoms with Gasteiger partial charge in [0.2, 0.25) is 5.91 Å². The normalized spacial score (nSPS) is 10.6. The summed E-state index contributed by atoms with van der Waals surface area (Å²) in [5.74, 6) is 2.14. The van der Waals surface area contributed by atoms with Gasteiger partial charge in [-0.05, 0) is 36.2 Å². The second-order valence-electron chi connectivity index (χ2n) is 7.37. The van der Waals surface area contributed by atoms with Gasteiger partial charge in [-0.25, -0.2) is 4.98 Å². The highest BCUT2D eigenvalue weighted by Crippen LogP contribution is 2.20. The monoisotopic (exact) mass is 427 g/mol. The van der Waals surface area contributed by atoms with Crippen LogP contribution in [0, 0.1) is 0 Å². The largest absolute Gasteiger partial charge is 0.487 e. The molecule has 6 heteroatoms. The van der Waals surface area contributed by atoms with E-state index in [1.165, 1.54) is 0 Å². The molecule has 4 aromatic rings. The minimum absolute atomic E-state index is 0.000328. The Balaban J connectivity index is 1.19. The highest BCUT2D eigenvalue weighted by Gasteiger charge is 2.08. The van der Waals surface area contributed by atoms with Crippen LogP contribution in [0.4, 0.5) is 0 Å². The maximum atomic E-state index is 12.2. The Kier molecular flexibility index (Phi) is 7.26. The Morgan fingerprint density at radius 3 is 2.69 bits per heavy atom. The fourth-order valence-corrected chi connectivity index (χ4v) is 3.24. The third kappa shape index (κ3) is 6.28. The van der Waals surface area contributed by atoms with Gasteiger partial charge in [-0.2, -0.15) is 0 Å². The van der Waals surface area contributed by atoms with E-state index < -0.39 is 0 Å². The van der Waals surface area contributed by atoms with Crippen molar-refractivity contribution >= 4 is 5.91 Å². The summed E-state index contributed by atoms with van der Waals surface area (Å²) in [6.07, 6.45) is 5.19. The third-order valence-electron chi connectivity index (χ3n) is 4.91. The summed E-state index contributed by atoms with van der Waals surface area (Å²) < 4.78 is 11.6. The average molecular weight is 428 g/mol. The summed E-state index contributed by atoms with van der Waals surface area (Å²) >= 11 is 0. The molecule has 32 heavy (non-hydrogen) atoms. The van der Waals surface area contributed by atoms with Crippen molar-refractivity contribution in [3.05, 3.63) is 102 Å². The molecule has 0 saturated heterocycles. The van der Waals surface area contributed by atoms with Gasteiger partial charge in [-0.1, -0.05) is 48.5 Å². The van der Waals surface area contributed by atoms with E-state index in [2.05, 4.69) is 15.3 Å². The lowest BCUT2D eigenvalue weighted by Gasteiger charge is -2.09. The van der Waals surface area contributed by atoms with E-state index in [0.717, 1.165) is 28.3 Å². The fraction of sp³-hybridized carbons (Fsp3) is 0.192. The first-order chi connectivity index (χ1) is 15.8. The predicted molar refractivity (Wildman–Crippen MR) is 122 cm³/mol. The van der Waals surface area contributed by atoms with Crippen molar-refractivity contribution in [3.8, 4) is 17.1 Å². The van der Waals surface area contributed by atoms with E-state index in [0.29, 0.717) is 38.3 Å². The van der Waals surface area contributed by atoms with Gasteiger partial charge >= 0.3 is 0 Å². The van der Waals surface area contributed by atoms with Gasteiger partial charge in [0.15, 0.2) is 11.7 Å². The Labute approximate surface area is 187 Å². The zero-order chi connectivity index (χ0) is 22.0. The van der Waals surface area contributed by atoms with Crippen molar-refractivity contribution in [2.75, 3.05) is 0 Å². The first-order valence-corrected chi connectivity index (χ1v) is 10.6. The van der Waals surface area contributed by atoms with E-state index in [-0.39, 0.29) is 5.91 Å². The maximum absolute atomic E-state index is 12.2. The van der Waals surface area contributed by atoms with Gasteiger partial charge in [0.25, 0.3) is 0 Å². The van der Waals surface area contributed by atoms with E-state index >= 15 is 0 Å². The summed E-state index contributed by atoms with van der Waals surface area (Å²) in [4.78, 5) is 20.8. The Bertz CT molecular complexity index is 1130. The second-order valence-corrected chi connectivity index (χ2v) is 7.37. The van der Waals surface area contributed by atoms with Crippen LogP contribution < -0.4 is 10.1 Å². The number of ether oxygens (including phenoxy) is 1. The van der Waals surface area contributed by atoms with Crippen LogP contribution in [-0.4, -0.2) is 15.9 Å². The van der Waals surface area contributed by atoms with Crippen LogP contribution in [-0.2, 0) is 24.4 Å². The van der Waals surface area contributed by atoms with Crippen LogP contribution >= 0.6 is 0 Å². The molecule has 0 aliphatic heterocycles. The molecule has 6 nitrogen and oxygen atoms in total. The molecule has 0 spiro atoms. The van der Waals surface area contributed by atoms with Crippen LogP contribution in [0.25, 0.3) is 11.3 Å². The van der Waals surface area contributed by atoms with Gasteiger partial charge in [0, 0.05) is 31.1 Å². The molecule has 162 valence electrons. The first kappa shape index (κ1) is 21.3. The number of amides is 1. The number of carbonyl (C=O) groups excluding carboxylic acids is 1. The highest BCUT2D eigenvalue weighted by atomic mass is 16.5. The molecular formula is C26H25N3O3. The topological polar surface area (TPSA) is 77.2 Å². The number of hydrogen-bond donors (Lipinski definition) is 1. The second kappa shape index (κ2) is 10.9. The van der Waals surface area contributed by atoms with Crippen LogP contribution in [0.1, 0.15) is 30.0 Å². The van der Waals surface area contributed by atoms with Crippen LogP contribution in [0.3, 0.4) is 0 Å². The van der Waals surface area contributed by atoms with Crippen molar-refractivity contribution in [1.29, 1.82) is 0 Å². The van der Waals surface area contributed by atoms with Crippen LogP contribution in [0.5, 0.6) is 5.75 Å². The molecule has 0 radical (unpaired) electrons. The number of pyridine rings is 1. The number of carbonyl (C=O) groups is 1. The summed E-state index contributed by atoms with van der Waals surface area (Å²) in [5.41, 5.74) is 2.85. The molecule has 0 atom stereocenters. The van der Waals surface area contributed by atoms with Crippen LogP contribution in [0.2, 0.25) is 0 Å². The molecule has 1 amide bonds. The van der Waals surface area contributed by atoms with E-state index in [1.54, 1.807) is 12.4 Å². The molecule has 0 bridgehead atoms. The molecule has 2 aromatic heterocycles. The first-order valence-electron chi connectivity index (χ1n) is 10.6. The van der Waals surface area contributed by atoms with Crippen molar-refractivity contribution in [2.45, 2.75) is 32.4 Å². The number of nitrogens with zero attached hydrogens (tertiary/aromatic N) is 2. The standard InChI is InChI=1S/C26H25N3O3/c30-25(13-7-14-26-29-18-24(32-26)21-9-2-1-3-10-21)28-17-20-8-6-12-23(16-20)31-19-22-11-4-5-15-27-22/h1-6,8-12,15-16,18H,7,13-14,17,19H2,(H,28,30). The summed E-state index contributed by atoms with van der Waals surface area (Å²) in [6.45, 7) is 0.861. The Morgan fingerprint density at radius 1 is 0.969 bits per heavy atom. The van der Waals surface area contributed by atoms with Crippen LogP contribution in [0.15, 0.2) is 89.6 Å². The Morgan fingerprint density at radius 2 is 1.84 bits per heavy atom. The number of aryl methyl sites for hydroxylation is 1. The van der Waals surface area contributed by atoms with Crippen molar-refractivity contribution in [1.82, 2.24) is 15.3 Å². The molecule has 2 heterocycles. The van der Waals surface area contributed by atoms with Gasteiger partial charge in [-0.3, -0.25) is 9.78 Å². The van der Waals surface area contributed by atoms with E-state index in [4.69, 9.17) is 9.15 Å². The van der Waals surface area contributed by atoms with Crippen molar-refractivity contribution < 1.29 is 13.9 Å². The molecule has 0 saturated carbocycles. The van der Waals surface area contributed by atoms with E-state index in [9.17, 15) is 4.79 Å². The molecule has 1 N–H and O–H groups in total. The lowest BCUT2D eigenvalue weighted by molar-refractivity contribution is -0.121. The van der Waals surface area contributed by atoms with E-state index in [1.807, 2.05) is 72.8 Å². The molecular weight excluding hydrogens is 402 g/mol. The number of rotatable bonds is 10. The number of nitrogens with one attached hydrogen (secondary N) is 1. The predicted octanol–water partition coefficient (Wildman–Crippen LogP) is 4.95. The minimum Gasteiger partial charge on any atom is -0.487 e. The summed E-state index contributed by atoms with van der Waals surface area (Å²) in [5, 5.41) is 2.96. The molecule has 2 aromatic carbocycles. The molecule has 0 aliphatic rings. The van der Waals surface area contributed by atoms with Gasteiger partial charge in [0.1, 0.15) is 12.4 Å². The minimum atomic E-state index is -0.000328. The molecule has 0 aliphatic carbocycles. The number of hydrogen-bond acceptors (Lipinski definition) is 5. The number of aromatic nitrogens is 2. The van der Waals surface area contributed by atoms with Gasteiger partial charge in [-0.15, -0.1) is 0 Å². The SMILES string of the molecule is O=C(CCCc1ncc(-c2ccccc2)o1)NCc1cccc(OCc2ccccn2)c1. The fourth-order valence-electron chi connectivity index (χ4n) is 3.24. The third-order valence-corrected chi connectivity index (χ3v) is 4.91. The number of benzene rings is 2. The van der Waals surface area contributed by atoms with Crippen molar-refractivity contribution in [3.63, 3.8) is 0 Å². The molecule has 4 rings (SSSR count).